The van der Waals surface area contributed by atoms with E-state index in [1.165, 1.54) is 0 Å². The highest BCUT2D eigenvalue weighted by atomic mass is 16.5. The van der Waals surface area contributed by atoms with Crippen LogP contribution in [0.15, 0.2) is 12.1 Å². The maximum atomic E-state index is 11.6. The topological polar surface area (TPSA) is 68.2 Å². The fourth-order valence-electron chi connectivity index (χ4n) is 2.65. The van der Waals surface area contributed by atoms with E-state index in [0.29, 0.717) is 31.2 Å². The molecule has 1 atom stereocenters. The number of hydrogen-bond donors (Lipinski definition) is 1. The van der Waals surface area contributed by atoms with E-state index in [9.17, 15) is 9.90 Å². The maximum Gasteiger partial charge on any atom is 0.320 e. The van der Waals surface area contributed by atoms with Gasteiger partial charge in [-0.2, -0.15) is 0 Å². The predicted octanol–water partition coefficient (Wildman–Crippen LogP) is 1.12. The van der Waals surface area contributed by atoms with Crippen molar-refractivity contribution in [2.24, 2.45) is 0 Å². The molecule has 0 unspecified atom stereocenters. The van der Waals surface area contributed by atoms with Crippen LogP contribution in [-0.4, -0.2) is 49.9 Å². The van der Waals surface area contributed by atoms with Crippen LogP contribution < -0.4 is 9.47 Å². The highest BCUT2D eigenvalue weighted by Crippen LogP contribution is 2.39. The quantitative estimate of drug-likeness (QED) is 0.821. The Balaban J connectivity index is 2.27. The molecule has 0 aliphatic carbocycles. The van der Waals surface area contributed by atoms with Crippen LogP contribution in [0.4, 0.5) is 0 Å². The number of aliphatic hydroxyl groups excluding tert-OH is 1. The number of fused-ring (bicyclic) bond motifs is 1. The summed E-state index contributed by atoms with van der Waals surface area (Å²) in [4.78, 5) is 13.4. The molecule has 21 heavy (non-hydrogen) atoms. The van der Waals surface area contributed by atoms with Gasteiger partial charge in [-0.3, -0.25) is 9.69 Å². The summed E-state index contributed by atoms with van der Waals surface area (Å²) >= 11 is 0. The molecule has 1 aromatic rings. The van der Waals surface area contributed by atoms with Gasteiger partial charge in [0, 0.05) is 24.2 Å². The molecule has 0 bridgehead atoms. The maximum absolute atomic E-state index is 11.6. The van der Waals surface area contributed by atoms with E-state index in [4.69, 9.17) is 14.2 Å². The largest absolute Gasteiger partial charge is 0.496 e. The fraction of sp³-hybridized carbons (Fsp3) is 0.533. The molecule has 0 amide bonds. The Morgan fingerprint density at radius 2 is 2.00 bits per heavy atom. The summed E-state index contributed by atoms with van der Waals surface area (Å²) in [7, 11) is 3.15. The van der Waals surface area contributed by atoms with Crippen LogP contribution in [0.2, 0.25) is 0 Å². The zero-order valence-electron chi connectivity index (χ0n) is 12.6. The van der Waals surface area contributed by atoms with Gasteiger partial charge in [0.1, 0.15) is 11.5 Å². The van der Waals surface area contributed by atoms with Crippen molar-refractivity contribution in [3.05, 3.63) is 23.3 Å². The molecule has 1 aliphatic heterocycles. The van der Waals surface area contributed by atoms with Gasteiger partial charge in [0.2, 0.25) is 0 Å². The van der Waals surface area contributed by atoms with Crippen molar-refractivity contribution in [3.8, 4) is 11.5 Å². The molecule has 1 N–H and O–H groups in total. The molecule has 0 saturated carbocycles. The van der Waals surface area contributed by atoms with Gasteiger partial charge in [-0.05, 0) is 19.1 Å². The van der Waals surface area contributed by atoms with E-state index in [1.54, 1.807) is 33.3 Å². The van der Waals surface area contributed by atoms with Gasteiger partial charge in [-0.1, -0.05) is 0 Å². The van der Waals surface area contributed by atoms with E-state index < -0.39 is 6.10 Å². The Morgan fingerprint density at radius 3 is 2.62 bits per heavy atom. The van der Waals surface area contributed by atoms with Crippen molar-refractivity contribution in [2.75, 3.05) is 33.9 Å². The average molecular weight is 295 g/mol. The lowest BCUT2D eigenvalue weighted by Gasteiger charge is -2.33. The molecule has 0 fully saturated rings. The molecule has 1 aromatic carbocycles. The summed E-state index contributed by atoms with van der Waals surface area (Å²) in [5.74, 6) is 1.02. The number of carbonyl (C=O) groups is 1. The third-order valence-electron chi connectivity index (χ3n) is 3.52. The van der Waals surface area contributed by atoms with Gasteiger partial charge in [0.05, 0.1) is 33.5 Å². The van der Waals surface area contributed by atoms with Crippen LogP contribution in [0.25, 0.3) is 0 Å². The van der Waals surface area contributed by atoms with Crippen LogP contribution in [-0.2, 0) is 16.1 Å². The van der Waals surface area contributed by atoms with Crippen molar-refractivity contribution in [1.82, 2.24) is 4.90 Å². The Kier molecular flexibility index (Phi) is 5.03. The van der Waals surface area contributed by atoms with E-state index in [2.05, 4.69) is 0 Å². The summed E-state index contributed by atoms with van der Waals surface area (Å²) < 4.78 is 15.6. The molecule has 1 heterocycles. The Labute approximate surface area is 124 Å². The summed E-state index contributed by atoms with van der Waals surface area (Å²) in [5.41, 5.74) is 1.58. The number of β-amino-alcohol motifs (C(OH)–C–C–N with tert-alkyl or cyclic N) is 1. The van der Waals surface area contributed by atoms with Gasteiger partial charge in [0.25, 0.3) is 0 Å². The lowest BCUT2D eigenvalue weighted by molar-refractivity contribution is -0.145. The minimum absolute atomic E-state index is 0.144. The van der Waals surface area contributed by atoms with Crippen LogP contribution >= 0.6 is 0 Å². The number of ether oxygens (including phenoxy) is 3. The number of rotatable bonds is 5. The number of methoxy groups -OCH3 is 2. The zero-order chi connectivity index (χ0) is 15.4. The van der Waals surface area contributed by atoms with Gasteiger partial charge in [-0.25, -0.2) is 0 Å². The second-order valence-electron chi connectivity index (χ2n) is 4.85. The number of hydrogen-bond acceptors (Lipinski definition) is 6. The molecule has 0 aromatic heterocycles. The summed E-state index contributed by atoms with van der Waals surface area (Å²) in [6.07, 6.45) is -0.728. The van der Waals surface area contributed by atoms with Gasteiger partial charge in [-0.15, -0.1) is 0 Å². The first-order valence-corrected chi connectivity index (χ1v) is 6.90. The number of nitrogens with zero attached hydrogens (tertiary/aromatic N) is 1. The molecule has 6 heteroatoms. The minimum Gasteiger partial charge on any atom is -0.496 e. The fourth-order valence-corrected chi connectivity index (χ4v) is 2.65. The molecule has 6 nitrogen and oxygen atoms in total. The monoisotopic (exact) mass is 295 g/mol. The second kappa shape index (κ2) is 6.78. The normalized spacial score (nSPS) is 18.0. The summed E-state index contributed by atoms with van der Waals surface area (Å²) in [6, 6.07) is 3.58. The third kappa shape index (κ3) is 3.28. The Morgan fingerprint density at radius 1 is 1.33 bits per heavy atom. The van der Waals surface area contributed by atoms with Crippen molar-refractivity contribution in [3.63, 3.8) is 0 Å². The van der Waals surface area contributed by atoms with Crippen LogP contribution in [0.3, 0.4) is 0 Å². The number of benzene rings is 1. The zero-order valence-corrected chi connectivity index (χ0v) is 12.6. The van der Waals surface area contributed by atoms with E-state index in [1.807, 2.05) is 4.90 Å². The van der Waals surface area contributed by atoms with E-state index >= 15 is 0 Å². The molecule has 116 valence electrons. The first kappa shape index (κ1) is 15.6. The van der Waals surface area contributed by atoms with Gasteiger partial charge >= 0.3 is 5.97 Å². The molecule has 0 radical (unpaired) electrons. The van der Waals surface area contributed by atoms with E-state index in [0.717, 1.165) is 11.1 Å². The smallest absolute Gasteiger partial charge is 0.320 e. The lowest BCUT2D eigenvalue weighted by Crippen LogP contribution is -2.38. The number of aliphatic hydroxyl groups is 1. The molecular weight excluding hydrogens is 274 g/mol. The minimum atomic E-state index is -0.728. The predicted molar refractivity (Wildman–Crippen MR) is 76.4 cm³/mol. The highest BCUT2D eigenvalue weighted by Gasteiger charge is 2.30. The number of carbonyl (C=O) groups excluding carboxylic acids is 1. The molecule has 0 saturated heterocycles. The van der Waals surface area contributed by atoms with E-state index in [-0.39, 0.29) is 12.5 Å². The van der Waals surface area contributed by atoms with Crippen molar-refractivity contribution >= 4 is 5.97 Å². The SMILES string of the molecule is CCOC(=O)CN1Cc2c(OC)ccc(OC)c2[C@H](O)C1. The second-order valence-corrected chi connectivity index (χ2v) is 4.85. The van der Waals surface area contributed by atoms with Gasteiger partial charge < -0.3 is 19.3 Å². The first-order valence-electron chi connectivity index (χ1n) is 6.90. The third-order valence-corrected chi connectivity index (χ3v) is 3.52. The van der Waals surface area contributed by atoms with Crippen molar-refractivity contribution < 1.29 is 24.1 Å². The average Bonchev–Trinajstić information content (AvgIpc) is 2.46. The van der Waals surface area contributed by atoms with Crippen LogP contribution in [0, 0.1) is 0 Å². The summed E-state index contributed by atoms with van der Waals surface area (Å²) in [6.45, 7) is 3.13. The first-order chi connectivity index (χ1) is 10.1. The molecule has 2 rings (SSSR count). The Hall–Kier alpha value is -1.79. The summed E-state index contributed by atoms with van der Waals surface area (Å²) in [5, 5.41) is 10.4. The van der Waals surface area contributed by atoms with Crippen LogP contribution in [0.1, 0.15) is 24.2 Å². The molecule has 1 aliphatic rings. The standard InChI is InChI=1S/C15H21NO5/c1-4-21-14(18)9-16-7-10-12(19-2)5-6-13(20-3)15(10)11(17)8-16/h5-6,11,17H,4,7-9H2,1-3H3/t11-/m1/s1. The van der Waals surface area contributed by atoms with Crippen molar-refractivity contribution in [2.45, 2.75) is 19.6 Å². The molecular formula is C15H21NO5. The molecule has 0 spiro atoms. The van der Waals surface area contributed by atoms with Crippen molar-refractivity contribution in [1.29, 1.82) is 0 Å². The Bertz CT molecular complexity index is 517. The lowest BCUT2D eigenvalue weighted by atomic mass is 9.95. The highest BCUT2D eigenvalue weighted by molar-refractivity contribution is 5.71. The number of esters is 1. The van der Waals surface area contributed by atoms with Crippen LogP contribution in [0.5, 0.6) is 11.5 Å². The van der Waals surface area contributed by atoms with Gasteiger partial charge in [0.15, 0.2) is 0 Å².